The fraction of sp³-hybridized carbons (Fsp3) is 0.429. The Morgan fingerprint density at radius 2 is 2.17 bits per heavy atom. The third-order valence-corrected chi connectivity index (χ3v) is 4.87. The van der Waals surface area contributed by atoms with E-state index < -0.39 is 0 Å². The maximum atomic E-state index is 12.5. The lowest BCUT2D eigenvalue weighted by molar-refractivity contribution is -0.122. The molecule has 0 radical (unpaired) electrons. The Morgan fingerprint density at radius 1 is 1.37 bits per heavy atom. The number of piperidine rings is 1. The van der Waals surface area contributed by atoms with Crippen LogP contribution in [-0.2, 0) is 4.79 Å². The number of nitrogens with one attached hydrogen (secondary N) is 1. The summed E-state index contributed by atoms with van der Waals surface area (Å²) < 4.78 is 5.13. The van der Waals surface area contributed by atoms with Gasteiger partial charge in [0.2, 0.25) is 5.88 Å². The molecule has 9 nitrogen and oxygen atoms in total. The number of likely N-dealkylation sites (tertiary alicyclic amines) is 1. The lowest BCUT2D eigenvalue weighted by atomic mass is 10.0. The van der Waals surface area contributed by atoms with Gasteiger partial charge >= 0.3 is 0 Å². The van der Waals surface area contributed by atoms with Crippen LogP contribution in [0.3, 0.4) is 0 Å². The summed E-state index contributed by atoms with van der Waals surface area (Å²) in [6.07, 6.45) is 4.96. The highest BCUT2D eigenvalue weighted by molar-refractivity contribution is 5.95. The van der Waals surface area contributed by atoms with Crippen molar-refractivity contribution in [3.05, 3.63) is 42.1 Å². The zero-order valence-electron chi connectivity index (χ0n) is 17.0. The molecule has 1 aromatic heterocycles. The molecule has 1 amide bonds. The Balaban J connectivity index is 0.00000101. The van der Waals surface area contributed by atoms with Crippen LogP contribution in [0.1, 0.15) is 29.6 Å². The third-order valence-electron chi connectivity index (χ3n) is 4.87. The van der Waals surface area contributed by atoms with E-state index in [2.05, 4.69) is 20.2 Å². The zero-order chi connectivity index (χ0) is 21.8. The monoisotopic (exact) mass is 416 g/mol. The summed E-state index contributed by atoms with van der Waals surface area (Å²) in [6, 6.07) is 9.13. The van der Waals surface area contributed by atoms with Gasteiger partial charge in [0.05, 0.1) is 13.7 Å². The highest BCUT2D eigenvalue weighted by Crippen LogP contribution is 2.19. The van der Waals surface area contributed by atoms with E-state index in [9.17, 15) is 9.90 Å². The van der Waals surface area contributed by atoms with Crippen molar-refractivity contribution in [3.8, 4) is 17.3 Å². The number of benzene rings is 1. The number of methoxy groups -OCH3 is 1. The number of carboxylic acid groups (broad SMARTS) is 1. The molecule has 1 aliphatic rings. The SMILES string of the molecule is COc1ccnc(-c2cccc(C(=O)NCCN3CCCCC3CO)c2)n1.O=CO. The number of nitrogens with zero attached hydrogens (tertiary/aromatic N) is 3. The molecule has 3 rings (SSSR count). The molecular weight excluding hydrogens is 388 g/mol. The molecule has 162 valence electrons. The van der Waals surface area contributed by atoms with Crippen molar-refractivity contribution in [1.82, 2.24) is 20.2 Å². The van der Waals surface area contributed by atoms with Crippen molar-refractivity contribution in [2.45, 2.75) is 25.3 Å². The molecule has 1 atom stereocenters. The Labute approximate surface area is 175 Å². The van der Waals surface area contributed by atoms with Crippen molar-refractivity contribution in [3.63, 3.8) is 0 Å². The molecule has 1 saturated heterocycles. The van der Waals surface area contributed by atoms with Gasteiger partial charge in [-0.15, -0.1) is 0 Å². The number of hydrogen-bond donors (Lipinski definition) is 3. The topological polar surface area (TPSA) is 125 Å². The maximum Gasteiger partial charge on any atom is 0.290 e. The maximum absolute atomic E-state index is 12.5. The number of rotatable bonds is 7. The molecule has 0 spiro atoms. The van der Waals surface area contributed by atoms with E-state index in [1.54, 1.807) is 31.5 Å². The minimum atomic E-state index is -0.250. The van der Waals surface area contributed by atoms with Crippen LogP contribution in [0.4, 0.5) is 0 Å². The minimum Gasteiger partial charge on any atom is -0.483 e. The normalized spacial score (nSPS) is 16.1. The fourth-order valence-electron chi connectivity index (χ4n) is 3.37. The van der Waals surface area contributed by atoms with Gasteiger partial charge in [0, 0.05) is 42.5 Å². The largest absolute Gasteiger partial charge is 0.483 e. The zero-order valence-corrected chi connectivity index (χ0v) is 17.0. The summed E-state index contributed by atoms with van der Waals surface area (Å²) in [5.41, 5.74) is 1.33. The summed E-state index contributed by atoms with van der Waals surface area (Å²) in [4.78, 5) is 31.7. The van der Waals surface area contributed by atoms with E-state index in [0.29, 0.717) is 23.8 Å². The number of aliphatic hydroxyl groups excluding tert-OH is 1. The van der Waals surface area contributed by atoms with Crippen LogP contribution in [0.5, 0.6) is 5.88 Å². The fourth-order valence-corrected chi connectivity index (χ4v) is 3.37. The number of aromatic nitrogens is 2. The van der Waals surface area contributed by atoms with Gasteiger partial charge in [-0.05, 0) is 31.5 Å². The van der Waals surface area contributed by atoms with E-state index in [4.69, 9.17) is 14.6 Å². The standard InChI is InChI=1S/C20H26N4O3.CH2O2/c1-27-18-8-9-21-19(23-18)15-5-4-6-16(13-15)20(26)22-10-12-24-11-3-2-7-17(24)14-25;2-1-3/h4-6,8-9,13,17,25H,2-3,7,10-12,14H2,1H3,(H,22,26);1H,(H,2,3). The molecule has 1 aliphatic heterocycles. The molecule has 1 aromatic carbocycles. The summed E-state index contributed by atoms with van der Waals surface area (Å²) >= 11 is 0. The second kappa shape index (κ2) is 12.5. The molecule has 0 saturated carbocycles. The molecule has 30 heavy (non-hydrogen) atoms. The van der Waals surface area contributed by atoms with E-state index in [-0.39, 0.29) is 25.0 Å². The van der Waals surface area contributed by atoms with Gasteiger partial charge in [0.15, 0.2) is 5.82 Å². The Hall–Kier alpha value is -3.04. The predicted octanol–water partition coefficient (Wildman–Crippen LogP) is 1.43. The van der Waals surface area contributed by atoms with Gasteiger partial charge in [0.1, 0.15) is 0 Å². The molecule has 3 N–H and O–H groups in total. The molecule has 2 aromatic rings. The van der Waals surface area contributed by atoms with Gasteiger partial charge in [-0.2, -0.15) is 4.98 Å². The van der Waals surface area contributed by atoms with Gasteiger partial charge in [-0.3, -0.25) is 14.5 Å². The first-order chi connectivity index (χ1) is 14.6. The summed E-state index contributed by atoms with van der Waals surface area (Å²) in [6.45, 7) is 2.20. The Kier molecular flexibility index (Phi) is 9.69. The van der Waals surface area contributed by atoms with Crippen molar-refractivity contribution in [2.75, 3.05) is 33.4 Å². The van der Waals surface area contributed by atoms with Crippen LogP contribution in [0.25, 0.3) is 11.4 Å². The lowest BCUT2D eigenvalue weighted by Crippen LogP contribution is -2.45. The van der Waals surface area contributed by atoms with Crippen LogP contribution in [-0.4, -0.2) is 76.9 Å². The quantitative estimate of drug-likeness (QED) is 0.579. The number of hydrogen-bond acceptors (Lipinski definition) is 7. The van der Waals surface area contributed by atoms with Crippen molar-refractivity contribution < 1.29 is 24.5 Å². The second-order valence-corrected chi connectivity index (χ2v) is 6.73. The van der Waals surface area contributed by atoms with Gasteiger partial charge in [0.25, 0.3) is 12.4 Å². The number of carbonyl (C=O) groups is 2. The predicted molar refractivity (Wildman–Crippen MR) is 111 cm³/mol. The van der Waals surface area contributed by atoms with E-state index in [1.807, 2.05) is 12.1 Å². The first-order valence-electron chi connectivity index (χ1n) is 9.81. The molecule has 2 heterocycles. The summed E-state index contributed by atoms with van der Waals surface area (Å²) in [5, 5.41) is 19.3. The highest BCUT2D eigenvalue weighted by atomic mass is 16.5. The van der Waals surface area contributed by atoms with Crippen LogP contribution in [0.15, 0.2) is 36.5 Å². The Morgan fingerprint density at radius 3 is 2.90 bits per heavy atom. The molecule has 9 heteroatoms. The number of carbonyl (C=O) groups excluding carboxylic acids is 1. The highest BCUT2D eigenvalue weighted by Gasteiger charge is 2.21. The van der Waals surface area contributed by atoms with Crippen molar-refractivity contribution in [1.29, 1.82) is 0 Å². The first-order valence-corrected chi connectivity index (χ1v) is 9.81. The van der Waals surface area contributed by atoms with Gasteiger partial charge < -0.3 is 20.3 Å². The summed E-state index contributed by atoms with van der Waals surface area (Å²) in [7, 11) is 1.56. The van der Waals surface area contributed by atoms with E-state index in [0.717, 1.165) is 37.9 Å². The van der Waals surface area contributed by atoms with Gasteiger partial charge in [-0.25, -0.2) is 4.98 Å². The van der Waals surface area contributed by atoms with Crippen LogP contribution in [0, 0.1) is 0 Å². The number of amides is 1. The Bertz CT molecular complexity index is 817. The number of aliphatic hydroxyl groups is 1. The van der Waals surface area contributed by atoms with Gasteiger partial charge in [-0.1, -0.05) is 18.6 Å². The first kappa shape index (κ1) is 23.2. The van der Waals surface area contributed by atoms with Crippen LogP contribution < -0.4 is 10.1 Å². The molecule has 1 unspecified atom stereocenters. The van der Waals surface area contributed by atoms with E-state index in [1.165, 1.54) is 0 Å². The summed E-state index contributed by atoms with van der Waals surface area (Å²) in [5.74, 6) is 0.871. The van der Waals surface area contributed by atoms with Crippen LogP contribution in [0.2, 0.25) is 0 Å². The van der Waals surface area contributed by atoms with Crippen LogP contribution >= 0.6 is 0 Å². The van der Waals surface area contributed by atoms with E-state index >= 15 is 0 Å². The molecule has 0 bridgehead atoms. The minimum absolute atomic E-state index is 0.127. The number of ether oxygens (including phenoxy) is 1. The average molecular weight is 416 g/mol. The lowest BCUT2D eigenvalue weighted by Gasteiger charge is -2.34. The third kappa shape index (κ3) is 6.78. The smallest absolute Gasteiger partial charge is 0.290 e. The van der Waals surface area contributed by atoms with Crippen molar-refractivity contribution >= 4 is 12.4 Å². The molecule has 1 fully saturated rings. The molecule has 0 aliphatic carbocycles. The second-order valence-electron chi connectivity index (χ2n) is 6.73. The average Bonchev–Trinajstić information content (AvgIpc) is 2.80. The van der Waals surface area contributed by atoms with Crippen molar-refractivity contribution in [2.24, 2.45) is 0 Å². The molecular formula is C21H28N4O5.